The van der Waals surface area contributed by atoms with E-state index in [1.807, 2.05) is 6.07 Å². The molecule has 0 radical (unpaired) electrons. The van der Waals surface area contributed by atoms with Gasteiger partial charge in [-0.25, -0.2) is 8.42 Å². The molecular formula is C20H23NO5S. The van der Waals surface area contributed by atoms with Gasteiger partial charge in [-0.15, -0.1) is 0 Å². The Kier molecular flexibility index (Phi) is 6.01. The van der Waals surface area contributed by atoms with E-state index in [0.29, 0.717) is 17.9 Å². The number of nitrogens with one attached hydrogen (secondary N) is 1. The highest BCUT2D eigenvalue weighted by Crippen LogP contribution is 2.26. The Hall–Kier alpha value is -2.54. The van der Waals surface area contributed by atoms with E-state index < -0.39 is 16.0 Å². The first kappa shape index (κ1) is 19.2. The van der Waals surface area contributed by atoms with Crippen LogP contribution in [0.1, 0.15) is 37.7 Å². The molecule has 0 bridgehead atoms. The summed E-state index contributed by atoms with van der Waals surface area (Å²) in [7, 11) is -3.73. The fraction of sp³-hybridized carbons (Fsp3) is 0.350. The topological polar surface area (TPSA) is 92.7 Å². The molecule has 144 valence electrons. The molecule has 1 aliphatic carbocycles. The summed E-state index contributed by atoms with van der Waals surface area (Å²) in [5, 5.41) is 8.72. The smallest absolute Gasteiger partial charge is 0.303 e. The summed E-state index contributed by atoms with van der Waals surface area (Å²) in [6.45, 7) is 0. The van der Waals surface area contributed by atoms with Gasteiger partial charge in [0.15, 0.2) is 0 Å². The van der Waals surface area contributed by atoms with Crippen LogP contribution in [-0.2, 0) is 21.2 Å². The average Bonchev–Trinajstić information content (AvgIpc) is 3.13. The van der Waals surface area contributed by atoms with Crippen molar-refractivity contribution in [3.05, 3.63) is 54.1 Å². The number of aryl methyl sites for hydroxylation is 1. The molecule has 3 rings (SSSR count). The molecule has 6 nitrogen and oxygen atoms in total. The molecule has 0 amide bonds. The number of carboxylic acid groups (broad SMARTS) is 1. The summed E-state index contributed by atoms with van der Waals surface area (Å²) in [6, 6.07) is 13.2. The summed E-state index contributed by atoms with van der Waals surface area (Å²) < 4.78 is 33.7. The van der Waals surface area contributed by atoms with Gasteiger partial charge in [0, 0.05) is 12.5 Å². The summed E-state index contributed by atoms with van der Waals surface area (Å²) in [4.78, 5) is 10.8. The van der Waals surface area contributed by atoms with Crippen molar-refractivity contribution in [2.75, 3.05) is 4.72 Å². The number of carbonyl (C=O) groups is 1. The zero-order valence-corrected chi connectivity index (χ0v) is 15.7. The number of anilines is 1. The Morgan fingerprint density at radius 1 is 1.11 bits per heavy atom. The maximum absolute atomic E-state index is 12.6. The minimum absolute atomic E-state index is 0.0120. The lowest BCUT2D eigenvalue weighted by Crippen LogP contribution is -2.14. The Balaban J connectivity index is 1.67. The van der Waals surface area contributed by atoms with Crippen LogP contribution in [-0.4, -0.2) is 25.6 Å². The molecule has 0 aliphatic heterocycles. The van der Waals surface area contributed by atoms with Gasteiger partial charge in [-0.3, -0.25) is 9.52 Å². The monoisotopic (exact) mass is 389 g/mol. The van der Waals surface area contributed by atoms with Crippen LogP contribution in [0.3, 0.4) is 0 Å². The van der Waals surface area contributed by atoms with E-state index in [1.54, 1.807) is 30.3 Å². The molecule has 0 atom stereocenters. The lowest BCUT2D eigenvalue weighted by Gasteiger charge is -2.14. The number of sulfonamides is 1. The van der Waals surface area contributed by atoms with Crippen LogP contribution in [0.15, 0.2) is 53.4 Å². The number of rotatable bonds is 8. The van der Waals surface area contributed by atoms with Crippen molar-refractivity contribution in [3.63, 3.8) is 0 Å². The van der Waals surface area contributed by atoms with Crippen molar-refractivity contribution < 1.29 is 23.1 Å². The Bertz CT molecular complexity index is 887. The fourth-order valence-corrected chi connectivity index (χ4v) is 4.18. The second-order valence-electron chi connectivity index (χ2n) is 6.70. The highest BCUT2D eigenvalue weighted by Gasteiger charge is 2.18. The molecule has 1 saturated carbocycles. The zero-order valence-electron chi connectivity index (χ0n) is 14.9. The molecule has 0 saturated heterocycles. The van der Waals surface area contributed by atoms with Gasteiger partial charge in [0.1, 0.15) is 5.75 Å². The molecule has 2 N–H and O–H groups in total. The van der Waals surface area contributed by atoms with Crippen molar-refractivity contribution in [3.8, 4) is 5.75 Å². The maximum atomic E-state index is 12.6. The van der Waals surface area contributed by atoms with Crippen molar-refractivity contribution in [2.45, 2.75) is 49.5 Å². The molecule has 0 spiro atoms. The maximum Gasteiger partial charge on any atom is 0.303 e. The predicted molar refractivity (Wildman–Crippen MR) is 103 cm³/mol. The zero-order chi connectivity index (χ0) is 19.3. The molecule has 0 heterocycles. The fourth-order valence-electron chi connectivity index (χ4n) is 3.13. The number of carboxylic acids is 1. The second kappa shape index (κ2) is 8.43. The largest absolute Gasteiger partial charge is 0.490 e. The van der Waals surface area contributed by atoms with E-state index in [2.05, 4.69) is 4.72 Å². The van der Waals surface area contributed by atoms with Gasteiger partial charge in [0.2, 0.25) is 0 Å². The van der Waals surface area contributed by atoms with Gasteiger partial charge < -0.3 is 9.84 Å². The Morgan fingerprint density at radius 2 is 1.81 bits per heavy atom. The van der Waals surface area contributed by atoms with Crippen molar-refractivity contribution in [2.24, 2.45) is 0 Å². The molecule has 1 fully saturated rings. The van der Waals surface area contributed by atoms with Crippen LogP contribution in [0, 0.1) is 0 Å². The summed E-state index contributed by atoms with van der Waals surface area (Å²) in [5.41, 5.74) is 1.23. The quantitative estimate of drug-likeness (QED) is 0.716. The lowest BCUT2D eigenvalue weighted by molar-refractivity contribution is -0.136. The van der Waals surface area contributed by atoms with E-state index in [4.69, 9.17) is 9.84 Å². The molecule has 7 heteroatoms. The van der Waals surface area contributed by atoms with Crippen molar-refractivity contribution >= 4 is 21.7 Å². The summed E-state index contributed by atoms with van der Waals surface area (Å²) >= 11 is 0. The van der Waals surface area contributed by atoms with Crippen molar-refractivity contribution in [1.82, 2.24) is 0 Å². The molecule has 0 unspecified atom stereocenters. The molecule has 1 aliphatic rings. The molecule has 27 heavy (non-hydrogen) atoms. The van der Waals surface area contributed by atoms with Gasteiger partial charge in [0.25, 0.3) is 10.0 Å². The second-order valence-corrected chi connectivity index (χ2v) is 8.38. The first-order chi connectivity index (χ1) is 12.9. The third kappa shape index (κ3) is 5.47. The first-order valence-corrected chi connectivity index (χ1v) is 10.5. The minimum Gasteiger partial charge on any atom is -0.490 e. The number of benzene rings is 2. The minimum atomic E-state index is -3.73. The summed E-state index contributed by atoms with van der Waals surface area (Å²) in [6.07, 6.45) is 4.98. The third-order valence-electron chi connectivity index (χ3n) is 4.55. The molecular weight excluding hydrogens is 366 g/mol. The Labute approximate surface area is 159 Å². The van der Waals surface area contributed by atoms with Crippen LogP contribution >= 0.6 is 0 Å². The number of hydrogen-bond donors (Lipinski definition) is 2. The Morgan fingerprint density at radius 3 is 2.48 bits per heavy atom. The number of ether oxygens (including phenoxy) is 1. The average molecular weight is 389 g/mol. The molecule has 2 aromatic carbocycles. The summed E-state index contributed by atoms with van der Waals surface area (Å²) in [5.74, 6) is -0.223. The van der Waals surface area contributed by atoms with E-state index >= 15 is 0 Å². The van der Waals surface area contributed by atoms with E-state index in [1.165, 1.54) is 25.0 Å². The van der Waals surface area contributed by atoms with Crippen LogP contribution in [0.25, 0.3) is 0 Å². The van der Waals surface area contributed by atoms with E-state index in [9.17, 15) is 13.2 Å². The van der Waals surface area contributed by atoms with E-state index in [0.717, 1.165) is 18.4 Å². The standard InChI is InChI=1S/C20H23NO5S/c22-20(23)13-10-15-8-11-19(12-9-15)27(24,25)21-16-4-3-7-18(14-16)26-17-5-1-2-6-17/h3-4,7-9,11-12,14,17,21H,1-2,5-6,10,13H2,(H,22,23). The van der Waals surface area contributed by atoms with Gasteiger partial charge >= 0.3 is 5.97 Å². The highest BCUT2D eigenvalue weighted by atomic mass is 32.2. The van der Waals surface area contributed by atoms with Crippen LogP contribution < -0.4 is 9.46 Å². The lowest BCUT2D eigenvalue weighted by atomic mass is 10.1. The van der Waals surface area contributed by atoms with E-state index in [-0.39, 0.29) is 17.4 Å². The van der Waals surface area contributed by atoms with Gasteiger partial charge in [0.05, 0.1) is 16.7 Å². The SMILES string of the molecule is O=C(O)CCc1ccc(S(=O)(=O)Nc2cccc(OC3CCCC3)c2)cc1. The van der Waals surface area contributed by atoms with Crippen LogP contribution in [0.2, 0.25) is 0 Å². The molecule has 0 aromatic heterocycles. The highest BCUT2D eigenvalue weighted by molar-refractivity contribution is 7.92. The van der Waals surface area contributed by atoms with Gasteiger partial charge in [-0.1, -0.05) is 18.2 Å². The van der Waals surface area contributed by atoms with Gasteiger partial charge in [-0.2, -0.15) is 0 Å². The third-order valence-corrected chi connectivity index (χ3v) is 5.95. The van der Waals surface area contributed by atoms with Crippen LogP contribution in [0.4, 0.5) is 5.69 Å². The van der Waals surface area contributed by atoms with Crippen molar-refractivity contribution in [1.29, 1.82) is 0 Å². The number of aliphatic carboxylic acids is 1. The van der Waals surface area contributed by atoms with Gasteiger partial charge in [-0.05, 0) is 61.9 Å². The first-order valence-electron chi connectivity index (χ1n) is 9.03. The molecule has 2 aromatic rings. The normalized spacial score (nSPS) is 14.8. The number of hydrogen-bond acceptors (Lipinski definition) is 4. The van der Waals surface area contributed by atoms with Crippen LogP contribution in [0.5, 0.6) is 5.75 Å². The predicted octanol–water partition coefficient (Wildman–Crippen LogP) is 3.83.